The fraction of sp³-hybridized carbons (Fsp3) is 0.579. The quantitative estimate of drug-likeness (QED) is 0.421. The van der Waals surface area contributed by atoms with Crippen LogP contribution in [0.15, 0.2) is 29.3 Å². The fourth-order valence-electron chi connectivity index (χ4n) is 2.79. The van der Waals surface area contributed by atoms with Gasteiger partial charge in [0.05, 0.1) is 13.2 Å². The summed E-state index contributed by atoms with van der Waals surface area (Å²) in [5, 5.41) is 6.28. The molecule has 0 spiro atoms. The van der Waals surface area contributed by atoms with Crippen molar-refractivity contribution < 1.29 is 14.3 Å². The van der Waals surface area contributed by atoms with E-state index in [4.69, 9.17) is 9.47 Å². The number of methoxy groups -OCH3 is 1. The first-order valence-corrected chi connectivity index (χ1v) is 9.20. The highest BCUT2D eigenvalue weighted by Gasteiger charge is 2.16. The molecule has 7 nitrogen and oxygen atoms in total. The van der Waals surface area contributed by atoms with Crippen LogP contribution in [0.3, 0.4) is 0 Å². The molecule has 0 aromatic heterocycles. The monoisotopic (exact) mass is 362 g/mol. The van der Waals surface area contributed by atoms with Crippen molar-refractivity contribution in [3.8, 4) is 5.75 Å². The maximum absolute atomic E-state index is 12.2. The Labute approximate surface area is 155 Å². The zero-order chi connectivity index (χ0) is 18.6. The molecule has 0 aliphatic carbocycles. The van der Waals surface area contributed by atoms with Crippen molar-refractivity contribution in [2.24, 2.45) is 4.99 Å². The van der Waals surface area contributed by atoms with Gasteiger partial charge < -0.3 is 25.0 Å². The second-order valence-corrected chi connectivity index (χ2v) is 6.21. The van der Waals surface area contributed by atoms with Crippen LogP contribution in [0.2, 0.25) is 0 Å². The van der Waals surface area contributed by atoms with Gasteiger partial charge in [0, 0.05) is 52.0 Å². The largest absolute Gasteiger partial charge is 0.493 e. The van der Waals surface area contributed by atoms with Crippen LogP contribution in [-0.2, 0) is 9.53 Å². The van der Waals surface area contributed by atoms with Crippen LogP contribution in [0.1, 0.15) is 25.7 Å². The summed E-state index contributed by atoms with van der Waals surface area (Å²) < 4.78 is 10.7. The summed E-state index contributed by atoms with van der Waals surface area (Å²) in [6.07, 6.45) is 4.24. The molecule has 1 heterocycles. The number of hydrogen-bond acceptors (Lipinski definition) is 4. The Hall–Kier alpha value is -2.28. The molecule has 26 heavy (non-hydrogen) atoms. The van der Waals surface area contributed by atoms with E-state index in [1.165, 1.54) is 6.42 Å². The maximum atomic E-state index is 12.2. The van der Waals surface area contributed by atoms with Gasteiger partial charge in [0.2, 0.25) is 5.91 Å². The standard InChI is InChI=1S/C19H30N4O3/c1-20-19(21-15-18(24)23-10-4-3-5-11-23)22-16-8-6-9-17(14-16)26-13-7-12-25-2/h6,8-9,14H,3-5,7,10-13,15H2,1-2H3,(H2,20,21,22). The number of ether oxygens (including phenoxy) is 2. The molecule has 0 bridgehead atoms. The number of guanidine groups is 1. The lowest BCUT2D eigenvalue weighted by Crippen LogP contribution is -2.44. The number of amides is 1. The molecule has 0 radical (unpaired) electrons. The number of piperidine rings is 1. The van der Waals surface area contributed by atoms with Gasteiger partial charge in [0.25, 0.3) is 0 Å². The molecule has 1 saturated heterocycles. The van der Waals surface area contributed by atoms with Gasteiger partial charge in [-0.15, -0.1) is 0 Å². The van der Waals surface area contributed by atoms with E-state index < -0.39 is 0 Å². The Morgan fingerprint density at radius 3 is 2.77 bits per heavy atom. The number of nitrogens with zero attached hydrogens (tertiary/aromatic N) is 2. The molecule has 1 aromatic carbocycles. The first kappa shape index (κ1) is 20.0. The SMILES string of the molecule is CN=C(NCC(=O)N1CCCCC1)Nc1cccc(OCCCOC)c1. The number of hydrogen-bond donors (Lipinski definition) is 2. The lowest BCUT2D eigenvalue weighted by molar-refractivity contribution is -0.130. The molecule has 1 aromatic rings. The highest BCUT2D eigenvalue weighted by molar-refractivity contribution is 5.96. The van der Waals surface area contributed by atoms with Crippen LogP contribution in [0.4, 0.5) is 5.69 Å². The van der Waals surface area contributed by atoms with Gasteiger partial charge in [-0.3, -0.25) is 9.79 Å². The number of nitrogens with one attached hydrogen (secondary N) is 2. The minimum absolute atomic E-state index is 0.114. The van der Waals surface area contributed by atoms with Crippen molar-refractivity contribution >= 4 is 17.6 Å². The van der Waals surface area contributed by atoms with E-state index in [2.05, 4.69) is 15.6 Å². The summed E-state index contributed by atoms with van der Waals surface area (Å²) in [6, 6.07) is 7.67. The Bertz CT molecular complexity index is 586. The predicted octanol–water partition coefficient (Wildman–Crippen LogP) is 2.10. The number of rotatable bonds is 8. The number of benzene rings is 1. The molecule has 2 rings (SSSR count). The second-order valence-electron chi connectivity index (χ2n) is 6.21. The lowest BCUT2D eigenvalue weighted by Gasteiger charge is -2.27. The fourth-order valence-corrected chi connectivity index (χ4v) is 2.79. The molecule has 144 valence electrons. The van der Waals surface area contributed by atoms with Gasteiger partial charge in [-0.05, 0) is 31.4 Å². The van der Waals surface area contributed by atoms with E-state index in [1.807, 2.05) is 29.2 Å². The minimum Gasteiger partial charge on any atom is -0.493 e. The number of anilines is 1. The molecular weight excluding hydrogens is 332 g/mol. The highest BCUT2D eigenvalue weighted by Crippen LogP contribution is 2.17. The van der Waals surface area contributed by atoms with Crippen molar-refractivity contribution in [2.45, 2.75) is 25.7 Å². The average Bonchev–Trinajstić information content (AvgIpc) is 2.69. The third-order valence-electron chi connectivity index (χ3n) is 4.20. The van der Waals surface area contributed by atoms with Gasteiger partial charge in [-0.1, -0.05) is 6.07 Å². The second kappa shape index (κ2) is 11.4. The normalized spacial score (nSPS) is 14.8. The Morgan fingerprint density at radius 2 is 2.04 bits per heavy atom. The zero-order valence-electron chi connectivity index (χ0n) is 15.8. The predicted molar refractivity (Wildman–Crippen MR) is 104 cm³/mol. The van der Waals surface area contributed by atoms with Gasteiger partial charge >= 0.3 is 0 Å². The number of aliphatic imine (C=N–C) groups is 1. The summed E-state index contributed by atoms with van der Waals surface area (Å²) in [7, 11) is 3.37. The first-order valence-electron chi connectivity index (χ1n) is 9.20. The van der Waals surface area contributed by atoms with Gasteiger partial charge in [-0.25, -0.2) is 0 Å². The van der Waals surface area contributed by atoms with Crippen LogP contribution in [0, 0.1) is 0 Å². The van der Waals surface area contributed by atoms with Crippen LogP contribution >= 0.6 is 0 Å². The molecule has 0 unspecified atom stereocenters. The smallest absolute Gasteiger partial charge is 0.241 e. The maximum Gasteiger partial charge on any atom is 0.241 e. The van der Waals surface area contributed by atoms with E-state index >= 15 is 0 Å². The van der Waals surface area contributed by atoms with E-state index in [9.17, 15) is 4.79 Å². The van der Waals surface area contributed by atoms with E-state index in [0.29, 0.717) is 19.2 Å². The number of carbonyl (C=O) groups is 1. The highest BCUT2D eigenvalue weighted by atomic mass is 16.5. The molecule has 1 amide bonds. The van der Waals surface area contributed by atoms with Crippen molar-refractivity contribution in [1.82, 2.24) is 10.2 Å². The third-order valence-corrected chi connectivity index (χ3v) is 4.20. The average molecular weight is 362 g/mol. The van der Waals surface area contributed by atoms with Crippen LogP contribution in [0.25, 0.3) is 0 Å². The summed E-state index contributed by atoms with van der Waals surface area (Å²) >= 11 is 0. The van der Waals surface area contributed by atoms with Gasteiger partial charge in [-0.2, -0.15) is 0 Å². The Kier molecular flexibility index (Phi) is 8.75. The van der Waals surface area contributed by atoms with E-state index in [1.54, 1.807) is 14.2 Å². The topological polar surface area (TPSA) is 75.2 Å². The van der Waals surface area contributed by atoms with Crippen molar-refractivity contribution in [3.05, 3.63) is 24.3 Å². The summed E-state index contributed by atoms with van der Waals surface area (Å²) in [5.74, 6) is 1.46. The van der Waals surface area contributed by atoms with Crippen LogP contribution in [-0.4, -0.2) is 63.8 Å². The summed E-state index contributed by atoms with van der Waals surface area (Å²) in [6.45, 7) is 3.24. The first-order chi connectivity index (χ1) is 12.7. The Morgan fingerprint density at radius 1 is 1.23 bits per heavy atom. The van der Waals surface area contributed by atoms with Gasteiger partial charge in [0.15, 0.2) is 5.96 Å². The molecule has 0 atom stereocenters. The Balaban J connectivity index is 1.80. The van der Waals surface area contributed by atoms with Crippen molar-refractivity contribution in [2.75, 3.05) is 52.3 Å². The van der Waals surface area contributed by atoms with E-state index in [-0.39, 0.29) is 12.5 Å². The molecule has 7 heteroatoms. The molecule has 1 aliphatic heterocycles. The molecule has 1 aliphatic rings. The number of likely N-dealkylation sites (tertiary alicyclic amines) is 1. The summed E-state index contributed by atoms with van der Waals surface area (Å²) in [4.78, 5) is 18.3. The van der Waals surface area contributed by atoms with Crippen molar-refractivity contribution in [1.29, 1.82) is 0 Å². The van der Waals surface area contributed by atoms with Crippen LogP contribution in [0.5, 0.6) is 5.75 Å². The number of carbonyl (C=O) groups excluding carboxylic acids is 1. The molecule has 2 N–H and O–H groups in total. The van der Waals surface area contributed by atoms with Crippen LogP contribution < -0.4 is 15.4 Å². The summed E-state index contributed by atoms with van der Waals surface area (Å²) in [5.41, 5.74) is 0.854. The minimum atomic E-state index is 0.114. The lowest BCUT2D eigenvalue weighted by atomic mass is 10.1. The van der Waals surface area contributed by atoms with Crippen molar-refractivity contribution in [3.63, 3.8) is 0 Å². The zero-order valence-corrected chi connectivity index (χ0v) is 15.8. The molecule has 1 fully saturated rings. The third kappa shape index (κ3) is 6.92. The van der Waals surface area contributed by atoms with E-state index in [0.717, 1.165) is 43.8 Å². The molecular formula is C19H30N4O3. The van der Waals surface area contributed by atoms with Gasteiger partial charge in [0.1, 0.15) is 5.75 Å². The molecule has 0 saturated carbocycles.